The van der Waals surface area contributed by atoms with Gasteiger partial charge in [-0.05, 0) is 37.3 Å². The summed E-state index contributed by atoms with van der Waals surface area (Å²) < 4.78 is 0. The van der Waals surface area contributed by atoms with Crippen molar-refractivity contribution < 1.29 is 0 Å². The van der Waals surface area contributed by atoms with Crippen LogP contribution in [0.2, 0.25) is 5.02 Å². The molecule has 4 heteroatoms. The summed E-state index contributed by atoms with van der Waals surface area (Å²) in [5.41, 5.74) is 8.03. The zero-order valence-corrected chi connectivity index (χ0v) is 13.2. The van der Waals surface area contributed by atoms with Crippen molar-refractivity contribution >= 4 is 29.1 Å². The van der Waals surface area contributed by atoms with E-state index in [1.54, 1.807) is 0 Å². The smallest absolute Gasteiger partial charge is 0.0642 e. The number of halogens is 1. The van der Waals surface area contributed by atoms with Crippen LogP contribution < -0.4 is 10.6 Å². The average Bonchev–Trinajstić information content (AvgIpc) is 2.34. The number of nitrogens with zero attached hydrogens (tertiary/aromatic N) is 1. The van der Waals surface area contributed by atoms with Gasteiger partial charge in [0.05, 0.1) is 10.7 Å². The monoisotopic (exact) mass is 286 g/mol. The number of hydrogen-bond donors (Lipinski definition) is 1. The predicted molar refractivity (Wildman–Crippen MR) is 84.9 cm³/mol. The lowest BCUT2D eigenvalue weighted by Crippen LogP contribution is -2.33. The number of hydrogen-bond acceptors (Lipinski definition) is 3. The first-order valence-electron chi connectivity index (χ1n) is 6.28. The lowest BCUT2D eigenvalue weighted by Gasteiger charge is -2.30. The van der Waals surface area contributed by atoms with Gasteiger partial charge in [0, 0.05) is 24.9 Å². The largest absolute Gasteiger partial charge is 0.370 e. The minimum atomic E-state index is 0.0232. The number of thioether (sulfide) groups is 1. The molecular weight excluding hydrogens is 264 g/mol. The van der Waals surface area contributed by atoms with Crippen LogP contribution >= 0.6 is 23.4 Å². The highest BCUT2D eigenvalue weighted by Crippen LogP contribution is 2.30. The Morgan fingerprint density at radius 1 is 1.44 bits per heavy atom. The van der Waals surface area contributed by atoms with Crippen molar-refractivity contribution in [2.45, 2.75) is 32.4 Å². The molecule has 2 nitrogen and oxygen atoms in total. The highest BCUT2D eigenvalue weighted by Gasteiger charge is 2.15. The SMILES string of the molecule is CCC(CSC)N(C)c1ccc(C(C)N)cc1Cl. The molecule has 2 atom stereocenters. The fraction of sp³-hybridized carbons (Fsp3) is 0.571. The Bertz CT molecular complexity index is 382. The van der Waals surface area contributed by atoms with Gasteiger partial charge in [0.25, 0.3) is 0 Å². The Morgan fingerprint density at radius 3 is 2.56 bits per heavy atom. The second-order valence-corrected chi connectivity index (χ2v) is 5.95. The number of benzene rings is 1. The molecule has 0 fully saturated rings. The molecular formula is C14H23ClN2S. The molecule has 0 aromatic heterocycles. The third-order valence-electron chi connectivity index (χ3n) is 3.26. The summed E-state index contributed by atoms with van der Waals surface area (Å²) in [7, 11) is 2.11. The predicted octanol–water partition coefficient (Wildman–Crippen LogP) is 3.94. The summed E-state index contributed by atoms with van der Waals surface area (Å²) in [6, 6.07) is 6.65. The van der Waals surface area contributed by atoms with E-state index in [1.165, 1.54) is 0 Å². The molecule has 0 bridgehead atoms. The van der Waals surface area contributed by atoms with Crippen molar-refractivity contribution in [3.05, 3.63) is 28.8 Å². The third-order valence-corrected chi connectivity index (χ3v) is 4.28. The van der Waals surface area contributed by atoms with Crippen molar-refractivity contribution in [1.29, 1.82) is 0 Å². The lowest BCUT2D eigenvalue weighted by atomic mass is 10.1. The fourth-order valence-electron chi connectivity index (χ4n) is 1.99. The maximum atomic E-state index is 6.37. The van der Waals surface area contributed by atoms with E-state index < -0.39 is 0 Å². The second kappa shape index (κ2) is 7.27. The minimum absolute atomic E-state index is 0.0232. The van der Waals surface area contributed by atoms with Crippen molar-refractivity contribution in [1.82, 2.24) is 0 Å². The van der Waals surface area contributed by atoms with Crippen LogP contribution in [0.3, 0.4) is 0 Å². The zero-order chi connectivity index (χ0) is 13.7. The van der Waals surface area contributed by atoms with Crippen LogP contribution in [0.25, 0.3) is 0 Å². The van der Waals surface area contributed by atoms with E-state index in [0.717, 1.165) is 28.4 Å². The standard InChI is InChI=1S/C14H23ClN2S/c1-5-12(9-18-4)17(3)14-7-6-11(10(2)16)8-13(14)15/h6-8,10,12H,5,9,16H2,1-4H3. The van der Waals surface area contributed by atoms with Crippen LogP contribution in [-0.4, -0.2) is 25.1 Å². The molecule has 0 heterocycles. The highest BCUT2D eigenvalue weighted by molar-refractivity contribution is 7.98. The quantitative estimate of drug-likeness (QED) is 0.859. The highest BCUT2D eigenvalue weighted by atomic mass is 35.5. The third kappa shape index (κ3) is 3.81. The summed E-state index contributed by atoms with van der Waals surface area (Å²) in [6.07, 6.45) is 3.25. The van der Waals surface area contributed by atoms with Crippen LogP contribution in [-0.2, 0) is 0 Å². The molecule has 0 radical (unpaired) electrons. The Balaban J connectivity index is 2.95. The van der Waals surface area contributed by atoms with Gasteiger partial charge in [-0.3, -0.25) is 0 Å². The van der Waals surface area contributed by atoms with Gasteiger partial charge in [-0.1, -0.05) is 24.6 Å². The Hall–Kier alpha value is -0.380. The normalized spacial score (nSPS) is 14.3. The summed E-state index contributed by atoms with van der Waals surface area (Å²) in [6.45, 7) is 4.18. The Kier molecular flexibility index (Phi) is 6.33. The zero-order valence-electron chi connectivity index (χ0n) is 11.6. The molecule has 18 heavy (non-hydrogen) atoms. The van der Waals surface area contributed by atoms with E-state index in [4.69, 9.17) is 17.3 Å². The average molecular weight is 287 g/mol. The molecule has 2 N–H and O–H groups in total. The van der Waals surface area contributed by atoms with Gasteiger partial charge in [0.1, 0.15) is 0 Å². The van der Waals surface area contributed by atoms with E-state index >= 15 is 0 Å². The number of anilines is 1. The molecule has 0 amide bonds. The molecule has 1 aromatic rings. The summed E-state index contributed by atoms with van der Waals surface area (Å²) >= 11 is 8.23. The van der Waals surface area contributed by atoms with Gasteiger partial charge in [-0.25, -0.2) is 0 Å². The van der Waals surface area contributed by atoms with Crippen LogP contribution in [0.15, 0.2) is 18.2 Å². The Labute approximate surface area is 120 Å². The van der Waals surface area contributed by atoms with Crippen molar-refractivity contribution in [2.24, 2.45) is 5.73 Å². The van der Waals surface area contributed by atoms with Crippen molar-refractivity contribution in [3.8, 4) is 0 Å². The van der Waals surface area contributed by atoms with E-state index in [-0.39, 0.29) is 6.04 Å². The first kappa shape index (κ1) is 15.7. The fourth-order valence-corrected chi connectivity index (χ4v) is 3.15. The van der Waals surface area contributed by atoms with E-state index in [2.05, 4.69) is 37.3 Å². The minimum Gasteiger partial charge on any atom is -0.370 e. The summed E-state index contributed by atoms with van der Waals surface area (Å²) in [5.74, 6) is 1.11. The van der Waals surface area contributed by atoms with Gasteiger partial charge in [0.15, 0.2) is 0 Å². The Morgan fingerprint density at radius 2 is 2.11 bits per heavy atom. The topological polar surface area (TPSA) is 29.3 Å². The van der Waals surface area contributed by atoms with Gasteiger partial charge >= 0.3 is 0 Å². The van der Waals surface area contributed by atoms with E-state index in [0.29, 0.717) is 6.04 Å². The van der Waals surface area contributed by atoms with Crippen molar-refractivity contribution in [3.63, 3.8) is 0 Å². The van der Waals surface area contributed by atoms with Gasteiger partial charge in [-0.2, -0.15) is 11.8 Å². The molecule has 1 aromatic carbocycles. The van der Waals surface area contributed by atoms with Gasteiger partial charge in [-0.15, -0.1) is 0 Å². The second-order valence-electron chi connectivity index (χ2n) is 4.63. The van der Waals surface area contributed by atoms with Gasteiger partial charge < -0.3 is 10.6 Å². The van der Waals surface area contributed by atoms with Gasteiger partial charge in [0.2, 0.25) is 0 Å². The molecule has 102 valence electrons. The molecule has 2 unspecified atom stereocenters. The van der Waals surface area contributed by atoms with Crippen LogP contribution in [0.4, 0.5) is 5.69 Å². The first-order valence-corrected chi connectivity index (χ1v) is 8.05. The number of rotatable bonds is 6. The lowest BCUT2D eigenvalue weighted by molar-refractivity contribution is 0.673. The first-order chi connectivity index (χ1) is 8.51. The van der Waals surface area contributed by atoms with E-state index in [9.17, 15) is 0 Å². The maximum absolute atomic E-state index is 6.37. The molecule has 0 saturated carbocycles. The summed E-state index contributed by atoms with van der Waals surface area (Å²) in [4.78, 5) is 2.27. The van der Waals surface area contributed by atoms with E-state index in [1.807, 2.05) is 24.8 Å². The maximum Gasteiger partial charge on any atom is 0.0642 e. The summed E-state index contributed by atoms with van der Waals surface area (Å²) in [5, 5.41) is 0.784. The van der Waals surface area contributed by atoms with Crippen molar-refractivity contribution in [2.75, 3.05) is 24.0 Å². The molecule has 0 saturated heterocycles. The molecule has 0 spiro atoms. The molecule has 0 aliphatic rings. The van der Waals surface area contributed by atoms with Crippen LogP contribution in [0, 0.1) is 0 Å². The molecule has 1 rings (SSSR count). The number of nitrogens with two attached hydrogens (primary N) is 1. The molecule has 0 aliphatic heterocycles. The molecule has 0 aliphatic carbocycles. The van der Waals surface area contributed by atoms with Crippen LogP contribution in [0.1, 0.15) is 31.9 Å². The van der Waals surface area contributed by atoms with Crippen LogP contribution in [0.5, 0.6) is 0 Å².